The molecule has 0 fully saturated rings. The normalized spacial score (nSPS) is 12.7. The van der Waals surface area contributed by atoms with E-state index in [1.54, 1.807) is 6.07 Å². The molecule has 1 rings (SSSR count). The number of hydrogen-bond acceptors (Lipinski definition) is 3. The van der Waals surface area contributed by atoms with Crippen molar-refractivity contribution >= 4 is 11.8 Å². The van der Waals surface area contributed by atoms with Crippen LogP contribution >= 0.6 is 0 Å². The lowest BCUT2D eigenvalue weighted by Gasteiger charge is -2.17. The maximum atomic E-state index is 12.0. The minimum absolute atomic E-state index is 0.0597. The van der Waals surface area contributed by atoms with Crippen LogP contribution in [0.1, 0.15) is 43.9 Å². The molecule has 4 N–H and O–H groups in total. The van der Waals surface area contributed by atoms with E-state index in [0.29, 0.717) is 5.92 Å². The minimum Gasteiger partial charge on any atom is -0.368 e. The predicted molar refractivity (Wildman–Crippen MR) is 72.4 cm³/mol. The molecule has 0 radical (unpaired) electrons. The highest BCUT2D eigenvalue weighted by atomic mass is 16.2. The molecule has 1 aromatic rings. The first kappa shape index (κ1) is 15.2. The molecule has 0 aliphatic heterocycles. The average molecular weight is 266 g/mol. The lowest BCUT2D eigenvalue weighted by molar-refractivity contribution is -0.120. The van der Waals surface area contributed by atoms with Gasteiger partial charge in [-0.15, -0.1) is 0 Å². The summed E-state index contributed by atoms with van der Waals surface area (Å²) < 4.78 is 0. The van der Waals surface area contributed by atoms with Gasteiger partial charge >= 0.3 is 0 Å². The summed E-state index contributed by atoms with van der Waals surface area (Å²) in [7, 11) is 0. The van der Waals surface area contributed by atoms with E-state index in [2.05, 4.69) is 29.4 Å². The Morgan fingerprint density at radius 1 is 1.37 bits per heavy atom. The summed E-state index contributed by atoms with van der Waals surface area (Å²) in [6.07, 6.45) is 0.823. The van der Waals surface area contributed by atoms with Crippen molar-refractivity contribution in [2.24, 2.45) is 17.6 Å². The smallest absolute Gasteiger partial charge is 0.272 e. The average Bonchev–Trinajstić information content (AvgIpc) is 2.72. The van der Waals surface area contributed by atoms with E-state index < -0.39 is 11.9 Å². The number of nitrogens with two attached hydrogens (primary N) is 1. The van der Waals surface area contributed by atoms with Crippen LogP contribution in [-0.2, 0) is 11.2 Å². The van der Waals surface area contributed by atoms with Gasteiger partial charge in [0.2, 0.25) is 5.91 Å². The predicted octanol–water partition coefficient (Wildman–Crippen LogP) is 0.848. The maximum Gasteiger partial charge on any atom is 0.272 e. The molecule has 0 spiro atoms. The Hall–Kier alpha value is -1.85. The highest BCUT2D eigenvalue weighted by Gasteiger charge is 2.23. The quantitative estimate of drug-likeness (QED) is 0.711. The number of primary amides is 1. The zero-order chi connectivity index (χ0) is 14.6. The number of nitrogens with one attached hydrogen (secondary N) is 2. The maximum absolute atomic E-state index is 12.0. The van der Waals surface area contributed by atoms with Crippen LogP contribution in [0.25, 0.3) is 0 Å². The third-order valence-electron chi connectivity index (χ3n) is 2.75. The molecule has 106 valence electrons. The van der Waals surface area contributed by atoms with Crippen LogP contribution in [0.2, 0.25) is 0 Å². The summed E-state index contributed by atoms with van der Waals surface area (Å²) in [6.45, 7) is 7.82. The molecule has 6 heteroatoms. The SMILES string of the molecule is CC(C)Cc1cc(C(=O)NC(C(N)=O)C(C)C)n[nH]1. The monoisotopic (exact) mass is 266 g/mol. The van der Waals surface area contributed by atoms with Gasteiger partial charge < -0.3 is 11.1 Å². The van der Waals surface area contributed by atoms with E-state index in [-0.39, 0.29) is 17.5 Å². The summed E-state index contributed by atoms with van der Waals surface area (Å²) in [5, 5.41) is 9.38. The molecule has 0 aliphatic carbocycles. The van der Waals surface area contributed by atoms with Crippen LogP contribution in [0.5, 0.6) is 0 Å². The third kappa shape index (κ3) is 4.39. The number of aromatic nitrogens is 2. The van der Waals surface area contributed by atoms with Crippen LogP contribution in [-0.4, -0.2) is 28.1 Å². The van der Waals surface area contributed by atoms with Crippen LogP contribution in [0.3, 0.4) is 0 Å². The van der Waals surface area contributed by atoms with Crippen molar-refractivity contribution in [1.29, 1.82) is 0 Å². The van der Waals surface area contributed by atoms with Crippen molar-refractivity contribution in [3.8, 4) is 0 Å². The van der Waals surface area contributed by atoms with Gasteiger partial charge in [-0.1, -0.05) is 27.7 Å². The lowest BCUT2D eigenvalue weighted by Crippen LogP contribution is -2.47. The van der Waals surface area contributed by atoms with Crippen LogP contribution in [0.15, 0.2) is 6.07 Å². The molecule has 1 aromatic heterocycles. The number of carbonyl (C=O) groups excluding carboxylic acids is 2. The summed E-state index contributed by atoms with van der Waals surface area (Å²) in [6, 6.07) is 1.02. The number of hydrogen-bond donors (Lipinski definition) is 3. The first-order chi connectivity index (χ1) is 8.81. The Bertz CT molecular complexity index is 451. The van der Waals surface area contributed by atoms with E-state index in [0.717, 1.165) is 12.1 Å². The molecular formula is C13H22N4O2. The Morgan fingerprint density at radius 2 is 2.00 bits per heavy atom. The van der Waals surface area contributed by atoms with Crippen molar-refractivity contribution in [3.05, 3.63) is 17.5 Å². The number of amides is 2. The number of nitrogens with zero attached hydrogens (tertiary/aromatic N) is 1. The van der Waals surface area contributed by atoms with Gasteiger partial charge in [-0.25, -0.2) is 0 Å². The second-order valence-electron chi connectivity index (χ2n) is 5.47. The van der Waals surface area contributed by atoms with Gasteiger partial charge in [-0.2, -0.15) is 5.10 Å². The fourth-order valence-electron chi connectivity index (χ4n) is 1.80. The molecule has 1 heterocycles. The summed E-state index contributed by atoms with van der Waals surface area (Å²) in [5.41, 5.74) is 6.44. The van der Waals surface area contributed by atoms with E-state index in [9.17, 15) is 9.59 Å². The molecule has 0 bridgehead atoms. The number of carbonyl (C=O) groups is 2. The van der Waals surface area contributed by atoms with Gasteiger partial charge in [0.25, 0.3) is 5.91 Å². The van der Waals surface area contributed by atoms with E-state index in [4.69, 9.17) is 5.73 Å². The minimum atomic E-state index is -0.683. The standard InChI is InChI=1S/C13H22N4O2/c1-7(2)5-9-6-10(17-16-9)13(19)15-11(8(3)4)12(14)18/h6-8,11H,5H2,1-4H3,(H2,14,18)(H,15,19)(H,16,17). The van der Waals surface area contributed by atoms with Gasteiger partial charge in [0.05, 0.1) is 0 Å². The molecule has 19 heavy (non-hydrogen) atoms. The van der Waals surface area contributed by atoms with Crippen molar-refractivity contribution in [1.82, 2.24) is 15.5 Å². The highest BCUT2D eigenvalue weighted by Crippen LogP contribution is 2.08. The molecule has 2 amide bonds. The largest absolute Gasteiger partial charge is 0.368 e. The summed E-state index contributed by atoms with van der Waals surface area (Å²) in [4.78, 5) is 23.2. The first-order valence-electron chi connectivity index (χ1n) is 6.45. The number of H-pyrrole nitrogens is 1. The zero-order valence-corrected chi connectivity index (χ0v) is 11.9. The number of aromatic amines is 1. The van der Waals surface area contributed by atoms with Gasteiger partial charge in [-0.3, -0.25) is 14.7 Å². The van der Waals surface area contributed by atoms with Gasteiger partial charge in [0.15, 0.2) is 0 Å². The van der Waals surface area contributed by atoms with E-state index >= 15 is 0 Å². The zero-order valence-electron chi connectivity index (χ0n) is 11.9. The van der Waals surface area contributed by atoms with Crippen LogP contribution in [0, 0.1) is 11.8 Å². The van der Waals surface area contributed by atoms with Crippen LogP contribution in [0.4, 0.5) is 0 Å². The second kappa shape index (κ2) is 6.36. The molecule has 0 saturated heterocycles. The first-order valence-corrected chi connectivity index (χ1v) is 6.45. The molecule has 0 saturated carbocycles. The Labute approximate surface area is 113 Å². The van der Waals surface area contributed by atoms with E-state index in [1.165, 1.54) is 0 Å². The topological polar surface area (TPSA) is 101 Å². The van der Waals surface area contributed by atoms with E-state index in [1.807, 2.05) is 13.8 Å². The third-order valence-corrected chi connectivity index (χ3v) is 2.75. The number of rotatable bonds is 6. The lowest BCUT2D eigenvalue weighted by atomic mass is 10.0. The highest BCUT2D eigenvalue weighted by molar-refractivity contribution is 5.95. The molecular weight excluding hydrogens is 244 g/mol. The Morgan fingerprint density at radius 3 is 2.47 bits per heavy atom. The van der Waals surface area contributed by atoms with Crippen molar-refractivity contribution < 1.29 is 9.59 Å². The van der Waals surface area contributed by atoms with Crippen molar-refractivity contribution in [2.75, 3.05) is 0 Å². The van der Waals surface area contributed by atoms with Gasteiger partial charge in [0.1, 0.15) is 11.7 Å². The summed E-state index contributed by atoms with van der Waals surface area (Å²) in [5.74, 6) is -0.508. The fourth-order valence-corrected chi connectivity index (χ4v) is 1.80. The van der Waals surface area contributed by atoms with Crippen LogP contribution < -0.4 is 11.1 Å². The second-order valence-corrected chi connectivity index (χ2v) is 5.47. The Balaban J connectivity index is 2.72. The molecule has 0 aromatic carbocycles. The Kier molecular flexibility index (Phi) is 5.09. The van der Waals surface area contributed by atoms with Crippen molar-refractivity contribution in [2.45, 2.75) is 40.2 Å². The molecule has 1 atom stereocenters. The van der Waals surface area contributed by atoms with Crippen molar-refractivity contribution in [3.63, 3.8) is 0 Å². The molecule has 1 unspecified atom stereocenters. The van der Waals surface area contributed by atoms with Gasteiger partial charge in [-0.05, 0) is 24.3 Å². The molecule has 6 nitrogen and oxygen atoms in total. The summed E-state index contributed by atoms with van der Waals surface area (Å²) >= 11 is 0. The van der Waals surface area contributed by atoms with Gasteiger partial charge in [0, 0.05) is 5.69 Å². The fraction of sp³-hybridized carbons (Fsp3) is 0.615. The molecule has 0 aliphatic rings.